The van der Waals surface area contributed by atoms with Gasteiger partial charge in [0.25, 0.3) is 0 Å². The van der Waals surface area contributed by atoms with Crippen molar-refractivity contribution >= 4 is 0 Å². The molecule has 0 bridgehead atoms. The van der Waals surface area contributed by atoms with E-state index in [9.17, 15) is 0 Å². The van der Waals surface area contributed by atoms with E-state index >= 15 is 0 Å². The Kier molecular flexibility index (Phi) is 4.02. The first-order valence-electron chi connectivity index (χ1n) is 6.83. The Morgan fingerprint density at radius 3 is 2.81 bits per heavy atom. The summed E-state index contributed by atoms with van der Waals surface area (Å²) in [7, 11) is 1.94. The first-order chi connectivity index (χ1) is 10.3. The topological polar surface area (TPSA) is 84.3 Å². The molecule has 1 aromatic carbocycles. The second-order valence-corrected chi connectivity index (χ2v) is 4.77. The lowest BCUT2D eigenvalue weighted by Crippen LogP contribution is -2.18. The van der Waals surface area contributed by atoms with Gasteiger partial charge in [-0.2, -0.15) is 15.4 Å². The molecular formula is C14H17N7. The van der Waals surface area contributed by atoms with Gasteiger partial charge in [-0.15, -0.1) is 10.2 Å². The van der Waals surface area contributed by atoms with Gasteiger partial charge in [0, 0.05) is 32.1 Å². The molecule has 108 valence electrons. The van der Waals surface area contributed by atoms with E-state index in [0.29, 0.717) is 6.54 Å². The van der Waals surface area contributed by atoms with Gasteiger partial charge in [0.15, 0.2) is 0 Å². The Bertz CT molecular complexity index is 686. The number of hydrogen-bond donors (Lipinski definition) is 2. The number of hydrogen-bond acceptors (Lipinski definition) is 5. The van der Waals surface area contributed by atoms with Crippen LogP contribution in [0.1, 0.15) is 11.5 Å². The van der Waals surface area contributed by atoms with Crippen molar-refractivity contribution in [3.05, 3.63) is 48.2 Å². The molecule has 0 aliphatic carbocycles. The van der Waals surface area contributed by atoms with Crippen molar-refractivity contribution in [2.75, 3.05) is 6.54 Å². The second-order valence-electron chi connectivity index (χ2n) is 4.77. The predicted octanol–water partition coefficient (Wildman–Crippen LogP) is 0.932. The van der Waals surface area contributed by atoms with Crippen molar-refractivity contribution in [3.8, 4) is 11.3 Å². The minimum absolute atomic E-state index is 0.665. The molecule has 0 fully saturated rings. The fraction of sp³-hybridized carbons (Fsp3) is 0.286. The molecule has 0 aliphatic rings. The van der Waals surface area contributed by atoms with Crippen LogP contribution in [0.4, 0.5) is 0 Å². The molecule has 0 spiro atoms. The van der Waals surface area contributed by atoms with Gasteiger partial charge in [0.05, 0.1) is 0 Å². The van der Waals surface area contributed by atoms with Crippen LogP contribution in [0.3, 0.4) is 0 Å². The standard InChI is InChI=1S/C14H17N7/c1-21-10-16-18-13(21)7-8-15-9-12-14(19-20-17-12)11-5-3-2-4-6-11/h2-6,10,15H,7-9H2,1H3,(H,17,19,20). The smallest absolute Gasteiger partial charge is 0.133 e. The summed E-state index contributed by atoms with van der Waals surface area (Å²) in [5.41, 5.74) is 2.87. The molecule has 21 heavy (non-hydrogen) atoms. The molecule has 0 saturated carbocycles. The van der Waals surface area contributed by atoms with Crippen LogP contribution in [0.5, 0.6) is 0 Å². The van der Waals surface area contributed by atoms with Crippen molar-refractivity contribution in [3.63, 3.8) is 0 Å². The van der Waals surface area contributed by atoms with E-state index < -0.39 is 0 Å². The summed E-state index contributed by atoms with van der Waals surface area (Å²) in [6, 6.07) is 10.0. The maximum absolute atomic E-state index is 4.23. The highest BCUT2D eigenvalue weighted by Gasteiger charge is 2.09. The van der Waals surface area contributed by atoms with Gasteiger partial charge in [-0.25, -0.2) is 0 Å². The summed E-state index contributed by atoms with van der Waals surface area (Å²) in [6.45, 7) is 1.48. The van der Waals surface area contributed by atoms with Crippen molar-refractivity contribution in [2.45, 2.75) is 13.0 Å². The van der Waals surface area contributed by atoms with Gasteiger partial charge >= 0.3 is 0 Å². The van der Waals surface area contributed by atoms with E-state index in [1.807, 2.05) is 41.9 Å². The summed E-state index contributed by atoms with van der Waals surface area (Å²) in [5.74, 6) is 0.964. The van der Waals surface area contributed by atoms with Gasteiger partial charge < -0.3 is 9.88 Å². The first-order valence-corrected chi connectivity index (χ1v) is 6.83. The second kappa shape index (κ2) is 6.27. The molecule has 0 atom stereocenters. The van der Waals surface area contributed by atoms with Crippen molar-refractivity contribution in [1.82, 2.24) is 35.5 Å². The summed E-state index contributed by atoms with van der Waals surface area (Å²) in [5, 5.41) is 22.4. The fourth-order valence-electron chi connectivity index (χ4n) is 2.14. The Labute approximate surface area is 122 Å². The molecule has 0 amide bonds. The van der Waals surface area contributed by atoms with Gasteiger partial charge in [-0.05, 0) is 0 Å². The number of H-pyrrole nitrogens is 1. The monoisotopic (exact) mass is 283 g/mol. The largest absolute Gasteiger partial charge is 0.321 e. The fourth-order valence-corrected chi connectivity index (χ4v) is 2.14. The normalized spacial score (nSPS) is 10.9. The number of nitrogens with zero attached hydrogens (tertiary/aromatic N) is 5. The zero-order chi connectivity index (χ0) is 14.5. The summed E-state index contributed by atoms with van der Waals surface area (Å²) >= 11 is 0. The number of benzene rings is 1. The van der Waals surface area contributed by atoms with Gasteiger partial charge in [0.2, 0.25) is 0 Å². The molecule has 2 N–H and O–H groups in total. The number of aromatic nitrogens is 6. The highest BCUT2D eigenvalue weighted by Crippen LogP contribution is 2.18. The molecule has 7 heteroatoms. The van der Waals surface area contributed by atoms with Crippen molar-refractivity contribution in [2.24, 2.45) is 7.05 Å². The minimum Gasteiger partial charge on any atom is -0.321 e. The van der Waals surface area contributed by atoms with E-state index in [2.05, 4.69) is 30.9 Å². The maximum atomic E-state index is 4.23. The summed E-state index contributed by atoms with van der Waals surface area (Å²) < 4.78 is 1.92. The molecule has 0 radical (unpaired) electrons. The van der Waals surface area contributed by atoms with E-state index in [1.165, 1.54) is 0 Å². The summed E-state index contributed by atoms with van der Waals surface area (Å²) in [6.07, 6.45) is 2.54. The molecule has 3 aromatic rings. The molecule has 2 heterocycles. The third-order valence-corrected chi connectivity index (χ3v) is 3.29. The van der Waals surface area contributed by atoms with E-state index in [1.54, 1.807) is 6.33 Å². The van der Waals surface area contributed by atoms with Crippen molar-refractivity contribution in [1.29, 1.82) is 0 Å². The van der Waals surface area contributed by atoms with Crippen LogP contribution >= 0.6 is 0 Å². The predicted molar refractivity (Wildman–Crippen MR) is 78.2 cm³/mol. The number of nitrogens with one attached hydrogen (secondary N) is 2. The van der Waals surface area contributed by atoms with E-state index in [0.717, 1.165) is 35.7 Å². The van der Waals surface area contributed by atoms with Crippen LogP contribution in [-0.4, -0.2) is 36.7 Å². The van der Waals surface area contributed by atoms with Crippen molar-refractivity contribution < 1.29 is 0 Å². The van der Waals surface area contributed by atoms with Gasteiger partial charge in [-0.3, -0.25) is 0 Å². The summed E-state index contributed by atoms with van der Waals surface area (Å²) in [4.78, 5) is 0. The Morgan fingerprint density at radius 1 is 1.19 bits per heavy atom. The van der Waals surface area contributed by atoms with Crippen LogP contribution in [0, 0.1) is 0 Å². The minimum atomic E-state index is 0.665. The van der Waals surface area contributed by atoms with Crippen LogP contribution in [0.2, 0.25) is 0 Å². The molecular weight excluding hydrogens is 266 g/mol. The number of aromatic amines is 1. The third kappa shape index (κ3) is 3.14. The van der Waals surface area contributed by atoms with Gasteiger partial charge in [0.1, 0.15) is 23.5 Å². The molecule has 2 aromatic heterocycles. The van der Waals surface area contributed by atoms with Crippen LogP contribution < -0.4 is 5.32 Å². The first kappa shape index (κ1) is 13.4. The number of rotatable bonds is 6. The zero-order valence-corrected chi connectivity index (χ0v) is 11.8. The zero-order valence-electron chi connectivity index (χ0n) is 11.8. The average Bonchev–Trinajstić information content (AvgIpc) is 3.14. The molecule has 0 aliphatic heterocycles. The Hall–Kier alpha value is -2.54. The Morgan fingerprint density at radius 2 is 2.05 bits per heavy atom. The van der Waals surface area contributed by atoms with Crippen LogP contribution in [0.15, 0.2) is 36.7 Å². The SMILES string of the molecule is Cn1cnnc1CCNCc1n[nH]nc1-c1ccccc1. The lowest BCUT2D eigenvalue weighted by molar-refractivity contribution is 0.644. The molecule has 0 unspecified atom stereocenters. The van der Waals surface area contributed by atoms with E-state index in [-0.39, 0.29) is 0 Å². The Balaban J connectivity index is 1.57. The lowest BCUT2D eigenvalue weighted by atomic mass is 10.1. The number of aryl methyl sites for hydroxylation is 1. The highest BCUT2D eigenvalue weighted by molar-refractivity contribution is 5.60. The molecule has 7 nitrogen and oxygen atoms in total. The maximum Gasteiger partial charge on any atom is 0.133 e. The molecule has 3 rings (SSSR count). The average molecular weight is 283 g/mol. The third-order valence-electron chi connectivity index (χ3n) is 3.29. The quantitative estimate of drug-likeness (QED) is 0.658. The van der Waals surface area contributed by atoms with Gasteiger partial charge in [-0.1, -0.05) is 30.3 Å². The van der Waals surface area contributed by atoms with Crippen LogP contribution in [-0.2, 0) is 20.0 Å². The lowest BCUT2D eigenvalue weighted by Gasteiger charge is -2.04. The molecule has 0 saturated heterocycles. The van der Waals surface area contributed by atoms with E-state index in [4.69, 9.17) is 0 Å². The van der Waals surface area contributed by atoms with Crippen LogP contribution in [0.25, 0.3) is 11.3 Å². The highest BCUT2D eigenvalue weighted by atomic mass is 15.3.